The summed E-state index contributed by atoms with van der Waals surface area (Å²) in [6.07, 6.45) is -0.523. The van der Waals surface area contributed by atoms with Crippen LogP contribution in [0.3, 0.4) is 0 Å². The molecule has 6 atom stereocenters. The van der Waals surface area contributed by atoms with Crippen molar-refractivity contribution in [2.75, 3.05) is 18.9 Å². The van der Waals surface area contributed by atoms with E-state index in [1.165, 1.54) is 13.3 Å². The first-order chi connectivity index (χ1) is 19.6. The maximum Gasteiger partial charge on any atom is 0.459 e. The van der Waals surface area contributed by atoms with E-state index >= 15 is 0 Å². The molecule has 5 rings (SSSR count). The Morgan fingerprint density at radius 1 is 1.24 bits per heavy atom. The van der Waals surface area contributed by atoms with Crippen molar-refractivity contribution in [1.29, 1.82) is 0 Å². The Hall–Kier alpha value is -3.54. The summed E-state index contributed by atoms with van der Waals surface area (Å²) in [6.45, 7) is 6.73. The molecule has 2 aromatic heterocycles. The number of hydrogen-bond donors (Lipinski definition) is 3. The van der Waals surface area contributed by atoms with Gasteiger partial charge in [0.05, 0.1) is 25.0 Å². The second-order valence-electron chi connectivity index (χ2n) is 10.2. The van der Waals surface area contributed by atoms with E-state index in [1.54, 1.807) is 29.6 Å². The molecular formula is C28H34N5O7P. The third kappa shape index (κ3) is 5.53. The van der Waals surface area contributed by atoms with Crippen molar-refractivity contribution in [3.05, 3.63) is 66.6 Å². The Morgan fingerprint density at radius 2 is 2.00 bits per heavy atom. The molecule has 0 saturated carbocycles. The average molecular weight is 584 g/mol. The van der Waals surface area contributed by atoms with Crippen LogP contribution in [0.5, 0.6) is 5.75 Å². The van der Waals surface area contributed by atoms with Gasteiger partial charge in [0.2, 0.25) is 0 Å². The van der Waals surface area contributed by atoms with Crippen molar-refractivity contribution in [3.63, 3.8) is 0 Å². The number of anilines is 1. The smallest absolute Gasteiger partial charge is 0.459 e. The molecule has 3 heterocycles. The van der Waals surface area contributed by atoms with Gasteiger partial charge >= 0.3 is 13.7 Å². The summed E-state index contributed by atoms with van der Waals surface area (Å²) in [7, 11) is -4.21. The van der Waals surface area contributed by atoms with Crippen LogP contribution >= 0.6 is 7.75 Å². The predicted molar refractivity (Wildman–Crippen MR) is 152 cm³/mol. The fourth-order valence-corrected chi connectivity index (χ4v) is 6.64. The van der Waals surface area contributed by atoms with Crippen LogP contribution in [-0.4, -0.2) is 57.1 Å². The molecule has 4 aromatic rings. The van der Waals surface area contributed by atoms with Crippen molar-refractivity contribution in [2.45, 2.75) is 51.5 Å². The van der Waals surface area contributed by atoms with Gasteiger partial charge in [-0.05, 0) is 44.4 Å². The minimum Gasteiger partial charge on any atom is -0.465 e. The van der Waals surface area contributed by atoms with E-state index in [0.29, 0.717) is 28.2 Å². The van der Waals surface area contributed by atoms with Crippen molar-refractivity contribution >= 4 is 35.8 Å². The number of carbonyl (C=O) groups is 1. The van der Waals surface area contributed by atoms with Crippen LogP contribution < -0.4 is 15.3 Å². The molecule has 1 aliphatic heterocycles. The predicted octanol–water partition coefficient (Wildman–Crippen LogP) is 3.82. The van der Waals surface area contributed by atoms with Crippen molar-refractivity contribution in [2.24, 2.45) is 5.92 Å². The van der Waals surface area contributed by atoms with Gasteiger partial charge in [0, 0.05) is 11.3 Å². The van der Waals surface area contributed by atoms with Gasteiger partial charge in [-0.1, -0.05) is 43.3 Å². The molecule has 0 spiro atoms. The van der Waals surface area contributed by atoms with Gasteiger partial charge in [0.1, 0.15) is 35.3 Å². The average Bonchev–Trinajstić information content (AvgIpc) is 3.49. The maximum absolute atomic E-state index is 14.2. The number of nitrogens with two attached hydrogens (primary N) is 1. The number of nitrogen functional groups attached to an aromatic ring is 1. The zero-order valence-electron chi connectivity index (χ0n) is 23.3. The Labute approximate surface area is 237 Å². The van der Waals surface area contributed by atoms with Gasteiger partial charge < -0.3 is 24.8 Å². The van der Waals surface area contributed by atoms with E-state index in [-0.39, 0.29) is 13.2 Å². The number of rotatable bonds is 10. The lowest BCUT2D eigenvalue weighted by atomic mass is 9.85. The molecule has 1 fully saturated rings. The first-order valence-electron chi connectivity index (χ1n) is 13.4. The van der Waals surface area contributed by atoms with E-state index in [1.807, 2.05) is 50.2 Å². The molecule has 0 aliphatic carbocycles. The van der Waals surface area contributed by atoms with Crippen molar-refractivity contribution in [3.8, 4) is 5.75 Å². The van der Waals surface area contributed by atoms with Crippen LogP contribution in [-0.2, 0) is 29.0 Å². The molecule has 218 valence electrons. The standard InChI is InChI=1S/C28H34N5O7P/c1-5-37-27(35)18(3)32-41(36,40-22-12-8-10-19-9-6-7-11-20(19)22)38-15-23-25(34)17(2)28(4,39-23)24-14-13-21-26(29)30-16-31-33(21)24/h6-14,16-18,23,25,34H,5,15H2,1-4H3,(H,32,36)(H2,29,30,31)/t17-,18-,23+,25-,28+,41?/m0/s1. The lowest BCUT2D eigenvalue weighted by Gasteiger charge is -2.28. The van der Waals surface area contributed by atoms with Gasteiger partial charge in [-0.2, -0.15) is 10.2 Å². The first-order valence-corrected chi connectivity index (χ1v) is 14.9. The Morgan fingerprint density at radius 3 is 2.78 bits per heavy atom. The fourth-order valence-electron chi connectivity index (χ4n) is 5.12. The van der Waals surface area contributed by atoms with Gasteiger partial charge in [-0.15, -0.1) is 0 Å². The summed E-state index contributed by atoms with van der Waals surface area (Å²) < 4.78 is 39.1. The highest BCUT2D eigenvalue weighted by atomic mass is 31.2. The van der Waals surface area contributed by atoms with Gasteiger partial charge in [0.25, 0.3) is 0 Å². The number of fused-ring (bicyclic) bond motifs is 2. The Balaban J connectivity index is 1.41. The minimum absolute atomic E-state index is 0.157. The van der Waals surface area contributed by atoms with Crippen LogP contribution in [0.2, 0.25) is 0 Å². The SMILES string of the molecule is CCOC(=O)[C@H](C)NP(=O)(OC[C@H]1O[C@@](C)(c2ccc3c(N)ncnn23)[C@@H](C)[C@@H]1O)Oc1cccc2ccccc12. The summed E-state index contributed by atoms with van der Waals surface area (Å²) in [6, 6.07) is 15.4. The summed E-state index contributed by atoms with van der Waals surface area (Å²) in [5.74, 6) is -0.403. The number of hydrogen-bond acceptors (Lipinski definition) is 10. The quantitative estimate of drug-likeness (QED) is 0.184. The van der Waals surface area contributed by atoms with Crippen molar-refractivity contribution in [1.82, 2.24) is 19.7 Å². The molecule has 0 amide bonds. The highest BCUT2D eigenvalue weighted by molar-refractivity contribution is 7.52. The van der Waals surface area contributed by atoms with Crippen LogP contribution in [0, 0.1) is 5.92 Å². The number of ether oxygens (including phenoxy) is 2. The Kier molecular flexibility index (Phi) is 8.04. The van der Waals surface area contributed by atoms with E-state index < -0.39 is 43.5 Å². The number of aromatic nitrogens is 3. The summed E-state index contributed by atoms with van der Waals surface area (Å²) in [5.41, 5.74) is 6.29. The highest BCUT2D eigenvalue weighted by Crippen LogP contribution is 2.49. The van der Waals surface area contributed by atoms with E-state index in [2.05, 4.69) is 15.2 Å². The summed E-state index contributed by atoms with van der Waals surface area (Å²) >= 11 is 0. The van der Waals surface area contributed by atoms with Gasteiger partial charge in [-0.25, -0.2) is 14.1 Å². The van der Waals surface area contributed by atoms with Crippen LogP contribution in [0.1, 0.15) is 33.4 Å². The molecule has 1 saturated heterocycles. The van der Waals surface area contributed by atoms with Crippen LogP contribution in [0.4, 0.5) is 5.82 Å². The number of aliphatic hydroxyl groups is 1. The largest absolute Gasteiger partial charge is 0.465 e. The van der Waals surface area contributed by atoms with Crippen LogP contribution in [0.25, 0.3) is 16.3 Å². The molecule has 1 unspecified atom stereocenters. The minimum atomic E-state index is -4.21. The molecule has 1 aliphatic rings. The molecule has 2 aromatic carbocycles. The normalized spacial score (nSPS) is 24.8. The summed E-state index contributed by atoms with van der Waals surface area (Å²) in [4.78, 5) is 16.4. The van der Waals surface area contributed by atoms with Crippen molar-refractivity contribution < 1.29 is 33.0 Å². The number of carbonyl (C=O) groups excluding carboxylic acids is 1. The van der Waals surface area contributed by atoms with E-state index in [9.17, 15) is 14.5 Å². The third-order valence-electron chi connectivity index (χ3n) is 7.52. The Bertz CT molecular complexity index is 1610. The molecule has 0 radical (unpaired) electrons. The topological polar surface area (TPSA) is 160 Å². The number of benzene rings is 2. The fraction of sp³-hybridized carbons (Fsp3) is 0.393. The van der Waals surface area contributed by atoms with Gasteiger partial charge in [0.15, 0.2) is 5.82 Å². The molecular weight excluding hydrogens is 549 g/mol. The summed E-state index contributed by atoms with van der Waals surface area (Å²) in [5, 5.41) is 19.8. The zero-order valence-corrected chi connectivity index (χ0v) is 24.2. The number of aliphatic hydroxyl groups excluding tert-OH is 1. The number of esters is 1. The maximum atomic E-state index is 14.2. The molecule has 13 heteroatoms. The lowest BCUT2D eigenvalue weighted by molar-refractivity contribution is -0.144. The molecule has 12 nitrogen and oxygen atoms in total. The molecule has 0 bridgehead atoms. The lowest BCUT2D eigenvalue weighted by Crippen LogP contribution is -2.36. The molecule has 41 heavy (non-hydrogen) atoms. The van der Waals surface area contributed by atoms with E-state index in [0.717, 1.165) is 5.39 Å². The first kappa shape index (κ1) is 29.0. The zero-order chi connectivity index (χ0) is 29.4. The second-order valence-corrected chi connectivity index (χ2v) is 11.9. The monoisotopic (exact) mass is 583 g/mol. The highest BCUT2D eigenvalue weighted by Gasteiger charge is 2.52. The van der Waals surface area contributed by atoms with E-state index in [4.69, 9.17) is 24.3 Å². The van der Waals surface area contributed by atoms with Gasteiger partial charge in [-0.3, -0.25) is 9.32 Å². The second kappa shape index (κ2) is 11.4. The van der Waals surface area contributed by atoms with Crippen LogP contribution in [0.15, 0.2) is 60.9 Å². The molecule has 4 N–H and O–H groups in total. The number of nitrogens with one attached hydrogen (secondary N) is 1. The number of nitrogens with zero attached hydrogens (tertiary/aromatic N) is 3. The third-order valence-corrected chi connectivity index (χ3v) is 9.15.